The quantitative estimate of drug-likeness (QED) is 0.864. The minimum atomic E-state index is 0.183. The van der Waals surface area contributed by atoms with E-state index in [2.05, 4.69) is 43.0 Å². The van der Waals surface area contributed by atoms with Gasteiger partial charge in [0.1, 0.15) is 0 Å². The minimum absolute atomic E-state index is 0.183. The van der Waals surface area contributed by atoms with Gasteiger partial charge >= 0.3 is 0 Å². The zero-order valence-electron chi connectivity index (χ0n) is 11.0. The van der Waals surface area contributed by atoms with Crippen LogP contribution >= 0.6 is 0 Å². The molecular formula is C15H24N2. The normalized spacial score (nSPS) is 22.5. The Morgan fingerprint density at radius 2 is 2.00 bits per heavy atom. The first-order chi connectivity index (χ1) is 8.22. The molecule has 0 spiro atoms. The molecule has 1 aromatic carbocycles. The van der Waals surface area contributed by atoms with E-state index in [-0.39, 0.29) is 6.04 Å². The summed E-state index contributed by atoms with van der Waals surface area (Å²) in [6.45, 7) is 5.65. The number of nitrogens with zero attached hydrogens (tertiary/aromatic N) is 1. The van der Waals surface area contributed by atoms with E-state index in [1.54, 1.807) is 0 Å². The van der Waals surface area contributed by atoms with Crippen molar-refractivity contribution in [3.63, 3.8) is 0 Å². The van der Waals surface area contributed by atoms with Gasteiger partial charge in [0, 0.05) is 24.3 Å². The van der Waals surface area contributed by atoms with Gasteiger partial charge in [0.05, 0.1) is 0 Å². The maximum absolute atomic E-state index is 6.04. The largest absolute Gasteiger partial charge is 0.369 e. The summed E-state index contributed by atoms with van der Waals surface area (Å²) in [4.78, 5) is 2.52. The van der Waals surface area contributed by atoms with E-state index in [4.69, 9.17) is 5.73 Å². The van der Waals surface area contributed by atoms with Crippen LogP contribution in [0.5, 0.6) is 0 Å². The Morgan fingerprint density at radius 1 is 1.29 bits per heavy atom. The molecular weight excluding hydrogens is 208 g/mol. The molecule has 17 heavy (non-hydrogen) atoms. The zero-order valence-corrected chi connectivity index (χ0v) is 11.0. The van der Waals surface area contributed by atoms with Crippen LogP contribution in [0.1, 0.15) is 51.1 Å². The Balaban J connectivity index is 2.11. The average Bonchev–Trinajstić information content (AvgIpc) is 2.39. The lowest BCUT2D eigenvalue weighted by Gasteiger charge is -2.35. The minimum Gasteiger partial charge on any atom is -0.369 e. The first-order valence-electron chi connectivity index (χ1n) is 6.84. The van der Waals surface area contributed by atoms with Gasteiger partial charge < -0.3 is 10.6 Å². The molecule has 1 aromatic rings. The highest BCUT2D eigenvalue weighted by atomic mass is 15.2. The Kier molecular flexibility index (Phi) is 4.06. The van der Waals surface area contributed by atoms with Crippen molar-refractivity contribution in [1.29, 1.82) is 0 Å². The third-order valence-corrected chi connectivity index (χ3v) is 3.90. The second kappa shape index (κ2) is 5.54. The van der Waals surface area contributed by atoms with Gasteiger partial charge in [-0.2, -0.15) is 0 Å². The van der Waals surface area contributed by atoms with E-state index in [9.17, 15) is 0 Å². The van der Waals surface area contributed by atoms with Crippen LogP contribution in [-0.4, -0.2) is 12.6 Å². The molecule has 1 aliphatic heterocycles. The van der Waals surface area contributed by atoms with Gasteiger partial charge in [-0.25, -0.2) is 0 Å². The number of anilines is 1. The standard InChI is InChI=1S/C15H24N2/c1-3-15(16)13-7-9-14(10-8-13)17-11-5-4-6-12(17)2/h7-10,12,15H,3-6,11,16H2,1-2H3. The molecule has 94 valence electrons. The lowest BCUT2D eigenvalue weighted by atomic mass is 10.0. The van der Waals surface area contributed by atoms with Crippen molar-refractivity contribution in [2.45, 2.75) is 51.6 Å². The summed E-state index contributed by atoms with van der Waals surface area (Å²) in [5.41, 5.74) is 8.64. The Hall–Kier alpha value is -1.02. The molecule has 2 rings (SSSR count). The maximum Gasteiger partial charge on any atom is 0.0368 e. The van der Waals surface area contributed by atoms with E-state index >= 15 is 0 Å². The van der Waals surface area contributed by atoms with Crippen LogP contribution in [0, 0.1) is 0 Å². The molecule has 2 nitrogen and oxygen atoms in total. The van der Waals surface area contributed by atoms with Gasteiger partial charge in [-0.1, -0.05) is 19.1 Å². The molecule has 0 aliphatic carbocycles. The molecule has 0 radical (unpaired) electrons. The predicted molar refractivity (Wildman–Crippen MR) is 74.3 cm³/mol. The van der Waals surface area contributed by atoms with E-state index in [0.717, 1.165) is 6.42 Å². The van der Waals surface area contributed by atoms with Crippen molar-refractivity contribution in [3.05, 3.63) is 29.8 Å². The highest BCUT2D eigenvalue weighted by molar-refractivity contribution is 5.49. The van der Waals surface area contributed by atoms with Crippen molar-refractivity contribution in [2.24, 2.45) is 5.73 Å². The summed E-state index contributed by atoms with van der Waals surface area (Å²) in [6, 6.07) is 9.69. The van der Waals surface area contributed by atoms with Gasteiger partial charge in [-0.15, -0.1) is 0 Å². The molecule has 2 atom stereocenters. The fraction of sp³-hybridized carbons (Fsp3) is 0.600. The number of hydrogen-bond acceptors (Lipinski definition) is 2. The van der Waals surface area contributed by atoms with E-state index in [0.29, 0.717) is 6.04 Å². The molecule has 1 aliphatic rings. The third-order valence-electron chi connectivity index (χ3n) is 3.90. The molecule has 1 saturated heterocycles. The lowest BCUT2D eigenvalue weighted by molar-refractivity contribution is 0.485. The average molecular weight is 232 g/mol. The van der Waals surface area contributed by atoms with Crippen LogP contribution in [0.25, 0.3) is 0 Å². The maximum atomic E-state index is 6.04. The molecule has 2 N–H and O–H groups in total. The second-order valence-corrected chi connectivity index (χ2v) is 5.14. The predicted octanol–water partition coefficient (Wildman–Crippen LogP) is 3.48. The Labute approximate surface area is 105 Å². The summed E-state index contributed by atoms with van der Waals surface area (Å²) < 4.78 is 0. The fourth-order valence-electron chi connectivity index (χ4n) is 2.63. The van der Waals surface area contributed by atoms with Crippen LogP contribution in [0.2, 0.25) is 0 Å². The van der Waals surface area contributed by atoms with Crippen LogP contribution in [-0.2, 0) is 0 Å². The highest BCUT2D eigenvalue weighted by Gasteiger charge is 2.18. The molecule has 2 unspecified atom stereocenters. The molecule has 0 amide bonds. The van der Waals surface area contributed by atoms with E-state index in [1.165, 1.54) is 37.1 Å². The summed E-state index contributed by atoms with van der Waals surface area (Å²) in [5, 5.41) is 0. The third kappa shape index (κ3) is 2.81. The van der Waals surface area contributed by atoms with E-state index in [1.807, 2.05) is 0 Å². The first kappa shape index (κ1) is 12.4. The smallest absolute Gasteiger partial charge is 0.0368 e. The first-order valence-corrected chi connectivity index (χ1v) is 6.84. The molecule has 1 heterocycles. The molecule has 1 fully saturated rings. The second-order valence-electron chi connectivity index (χ2n) is 5.14. The van der Waals surface area contributed by atoms with Gasteiger partial charge in [-0.05, 0) is 50.3 Å². The number of hydrogen-bond donors (Lipinski definition) is 1. The van der Waals surface area contributed by atoms with Gasteiger partial charge in [0.25, 0.3) is 0 Å². The van der Waals surface area contributed by atoms with E-state index < -0.39 is 0 Å². The molecule has 0 aromatic heterocycles. The topological polar surface area (TPSA) is 29.3 Å². The lowest BCUT2D eigenvalue weighted by Crippen LogP contribution is -2.37. The van der Waals surface area contributed by atoms with Crippen LogP contribution in [0.3, 0.4) is 0 Å². The van der Waals surface area contributed by atoms with Crippen LogP contribution in [0.15, 0.2) is 24.3 Å². The van der Waals surface area contributed by atoms with Crippen molar-refractivity contribution in [2.75, 3.05) is 11.4 Å². The van der Waals surface area contributed by atoms with Gasteiger partial charge in [0.15, 0.2) is 0 Å². The SMILES string of the molecule is CCC(N)c1ccc(N2CCCCC2C)cc1. The monoisotopic (exact) mass is 232 g/mol. The number of nitrogens with two attached hydrogens (primary N) is 1. The Bertz CT molecular complexity index is 344. The molecule has 2 heteroatoms. The molecule has 0 bridgehead atoms. The van der Waals surface area contributed by atoms with Crippen LogP contribution in [0.4, 0.5) is 5.69 Å². The fourth-order valence-corrected chi connectivity index (χ4v) is 2.63. The number of benzene rings is 1. The summed E-state index contributed by atoms with van der Waals surface area (Å²) >= 11 is 0. The summed E-state index contributed by atoms with van der Waals surface area (Å²) in [6.07, 6.45) is 5.01. The molecule has 0 saturated carbocycles. The van der Waals surface area contributed by atoms with Crippen molar-refractivity contribution in [3.8, 4) is 0 Å². The summed E-state index contributed by atoms with van der Waals surface area (Å²) in [5.74, 6) is 0. The number of piperidine rings is 1. The zero-order chi connectivity index (χ0) is 12.3. The van der Waals surface area contributed by atoms with Crippen molar-refractivity contribution < 1.29 is 0 Å². The van der Waals surface area contributed by atoms with Crippen molar-refractivity contribution in [1.82, 2.24) is 0 Å². The van der Waals surface area contributed by atoms with Crippen molar-refractivity contribution >= 4 is 5.69 Å². The van der Waals surface area contributed by atoms with Crippen LogP contribution < -0.4 is 10.6 Å². The summed E-state index contributed by atoms with van der Waals surface area (Å²) in [7, 11) is 0. The Morgan fingerprint density at radius 3 is 2.59 bits per heavy atom. The highest BCUT2D eigenvalue weighted by Crippen LogP contribution is 2.26. The van der Waals surface area contributed by atoms with Gasteiger partial charge in [0.2, 0.25) is 0 Å². The van der Waals surface area contributed by atoms with Gasteiger partial charge in [-0.3, -0.25) is 0 Å². The number of rotatable bonds is 3.